The molecular weight excluding hydrogens is 332 g/mol. The first-order chi connectivity index (χ1) is 13.2. The van der Waals surface area contributed by atoms with Gasteiger partial charge in [0.25, 0.3) is 0 Å². The van der Waals surface area contributed by atoms with Gasteiger partial charge in [0.05, 0.1) is 11.6 Å². The molecule has 0 N–H and O–H groups in total. The Labute approximate surface area is 159 Å². The third-order valence-corrected chi connectivity index (χ3v) is 5.75. The average molecular weight is 352 g/mol. The maximum atomic E-state index is 9.16. The lowest BCUT2D eigenvalue weighted by atomic mass is 9.92. The summed E-state index contributed by atoms with van der Waals surface area (Å²) in [7, 11) is 4.33. The fourth-order valence-corrected chi connectivity index (χ4v) is 4.53. The monoisotopic (exact) mass is 352 g/mol. The molecule has 0 fully saturated rings. The summed E-state index contributed by atoms with van der Waals surface area (Å²) in [6.45, 7) is 0. The van der Waals surface area contributed by atoms with Gasteiger partial charge in [0, 0.05) is 42.3 Å². The first kappa shape index (κ1) is 15.8. The Kier molecular flexibility index (Phi) is 3.38. The molecule has 0 aromatic heterocycles. The van der Waals surface area contributed by atoms with Crippen molar-refractivity contribution >= 4 is 17.1 Å². The number of nitrogens with zero attached hydrogens (tertiary/aromatic N) is 4. The molecule has 2 heterocycles. The van der Waals surface area contributed by atoms with Crippen molar-refractivity contribution in [1.29, 1.82) is 5.26 Å². The molecule has 4 nitrogen and oxygen atoms in total. The second kappa shape index (κ2) is 5.78. The second-order valence-electron chi connectivity index (χ2n) is 7.15. The van der Waals surface area contributed by atoms with Crippen LogP contribution in [0.1, 0.15) is 29.0 Å². The van der Waals surface area contributed by atoms with Crippen molar-refractivity contribution in [2.45, 2.75) is 12.3 Å². The molecule has 2 atom stereocenters. The number of fused-ring (bicyclic) bond motifs is 6. The molecule has 132 valence electrons. The van der Waals surface area contributed by atoms with E-state index in [0.717, 1.165) is 5.69 Å². The van der Waals surface area contributed by atoms with E-state index in [-0.39, 0.29) is 12.3 Å². The van der Waals surface area contributed by atoms with Crippen LogP contribution in [0, 0.1) is 11.3 Å². The highest BCUT2D eigenvalue weighted by Crippen LogP contribution is 2.53. The fourth-order valence-electron chi connectivity index (χ4n) is 4.53. The van der Waals surface area contributed by atoms with E-state index >= 15 is 0 Å². The van der Waals surface area contributed by atoms with Gasteiger partial charge in [0.15, 0.2) is 0 Å². The summed E-state index contributed by atoms with van der Waals surface area (Å²) in [5.41, 5.74) is 6.91. The standard InChI is InChI=1S/C23H20N4/c1-25-20-9-5-3-7-18(20)23-26(2)21-10-6-4-8-19(21)22(25)27(23)17-13-11-16(15-24)12-14-17/h3-14,22-23H,1-2H3. The third-order valence-electron chi connectivity index (χ3n) is 5.75. The zero-order valence-electron chi connectivity index (χ0n) is 15.4. The molecule has 2 aliphatic rings. The van der Waals surface area contributed by atoms with Crippen molar-refractivity contribution in [3.8, 4) is 6.07 Å². The van der Waals surface area contributed by atoms with Crippen LogP contribution in [-0.4, -0.2) is 14.1 Å². The molecule has 3 aromatic carbocycles. The number of rotatable bonds is 1. The van der Waals surface area contributed by atoms with Crippen molar-refractivity contribution in [2.75, 3.05) is 28.8 Å². The molecule has 0 aliphatic carbocycles. The van der Waals surface area contributed by atoms with E-state index in [1.807, 2.05) is 12.1 Å². The minimum absolute atomic E-state index is 0.102. The molecule has 3 aromatic rings. The van der Waals surface area contributed by atoms with Crippen LogP contribution in [0.5, 0.6) is 0 Å². The molecule has 0 saturated heterocycles. The van der Waals surface area contributed by atoms with Crippen LogP contribution in [0.4, 0.5) is 17.1 Å². The Balaban J connectivity index is 1.77. The van der Waals surface area contributed by atoms with Gasteiger partial charge in [-0.2, -0.15) is 5.26 Å². The number of para-hydroxylation sites is 2. The topological polar surface area (TPSA) is 33.5 Å². The lowest BCUT2D eigenvalue weighted by molar-refractivity contribution is 0.464. The molecule has 2 unspecified atom stereocenters. The van der Waals surface area contributed by atoms with Crippen molar-refractivity contribution in [1.82, 2.24) is 0 Å². The van der Waals surface area contributed by atoms with Crippen LogP contribution in [0.3, 0.4) is 0 Å². The van der Waals surface area contributed by atoms with E-state index in [0.29, 0.717) is 5.56 Å². The Morgan fingerprint density at radius 2 is 1.19 bits per heavy atom. The van der Waals surface area contributed by atoms with Crippen molar-refractivity contribution in [3.05, 3.63) is 89.5 Å². The summed E-state index contributed by atoms with van der Waals surface area (Å²) in [4.78, 5) is 7.16. The van der Waals surface area contributed by atoms with Crippen LogP contribution in [0.25, 0.3) is 0 Å². The highest BCUT2D eigenvalue weighted by atomic mass is 15.5. The molecule has 5 rings (SSSR count). The summed E-state index contributed by atoms with van der Waals surface area (Å²) < 4.78 is 0. The zero-order chi connectivity index (χ0) is 18.5. The summed E-state index contributed by atoms with van der Waals surface area (Å²) in [6, 6.07) is 27.4. The van der Waals surface area contributed by atoms with E-state index in [1.54, 1.807) is 0 Å². The largest absolute Gasteiger partial charge is 0.350 e. The van der Waals surface area contributed by atoms with E-state index in [1.165, 1.54) is 22.5 Å². The summed E-state index contributed by atoms with van der Waals surface area (Å²) in [5.74, 6) is 0. The van der Waals surface area contributed by atoms with E-state index in [9.17, 15) is 0 Å². The number of benzene rings is 3. The SMILES string of the molecule is CN1c2ccccc2C2N(C)c3ccccc3C1N2c1ccc(C#N)cc1. The van der Waals surface area contributed by atoms with Gasteiger partial charge in [-0.25, -0.2) is 0 Å². The molecular formula is C23H20N4. The fraction of sp³-hybridized carbons (Fsp3) is 0.174. The van der Waals surface area contributed by atoms with Gasteiger partial charge in [0.1, 0.15) is 12.3 Å². The van der Waals surface area contributed by atoms with Gasteiger partial charge < -0.3 is 14.7 Å². The average Bonchev–Trinajstić information content (AvgIpc) is 2.73. The van der Waals surface area contributed by atoms with E-state index in [4.69, 9.17) is 5.26 Å². The molecule has 0 radical (unpaired) electrons. The minimum atomic E-state index is 0.102. The lowest BCUT2D eigenvalue weighted by Gasteiger charge is -2.56. The van der Waals surface area contributed by atoms with Crippen LogP contribution in [0.2, 0.25) is 0 Å². The van der Waals surface area contributed by atoms with Crippen LogP contribution in [-0.2, 0) is 0 Å². The Bertz CT molecular complexity index is 993. The molecule has 2 aliphatic heterocycles. The molecule has 0 spiro atoms. The van der Waals surface area contributed by atoms with Gasteiger partial charge in [-0.3, -0.25) is 0 Å². The smallest absolute Gasteiger partial charge is 0.132 e. The highest BCUT2D eigenvalue weighted by Gasteiger charge is 2.45. The lowest BCUT2D eigenvalue weighted by Crippen LogP contribution is -2.55. The predicted octanol–water partition coefficient (Wildman–Crippen LogP) is 4.66. The Hall–Kier alpha value is -3.45. The van der Waals surface area contributed by atoms with Gasteiger partial charge >= 0.3 is 0 Å². The number of nitriles is 1. The Morgan fingerprint density at radius 1 is 0.704 bits per heavy atom. The van der Waals surface area contributed by atoms with Crippen LogP contribution >= 0.6 is 0 Å². The molecule has 2 bridgehead atoms. The summed E-state index contributed by atoms with van der Waals surface area (Å²) >= 11 is 0. The normalized spacial score (nSPS) is 20.0. The van der Waals surface area contributed by atoms with Gasteiger partial charge in [-0.1, -0.05) is 36.4 Å². The minimum Gasteiger partial charge on any atom is -0.350 e. The maximum Gasteiger partial charge on any atom is 0.132 e. The zero-order valence-corrected chi connectivity index (χ0v) is 15.4. The molecule has 4 heteroatoms. The predicted molar refractivity (Wildman–Crippen MR) is 109 cm³/mol. The van der Waals surface area contributed by atoms with Crippen LogP contribution < -0.4 is 14.7 Å². The number of hydrogen-bond acceptors (Lipinski definition) is 4. The summed E-state index contributed by atoms with van der Waals surface area (Å²) in [6.07, 6.45) is 0.204. The molecule has 0 saturated carbocycles. The maximum absolute atomic E-state index is 9.16. The van der Waals surface area contributed by atoms with Gasteiger partial charge in [-0.15, -0.1) is 0 Å². The quantitative estimate of drug-likeness (QED) is 0.638. The highest BCUT2D eigenvalue weighted by molar-refractivity contribution is 5.75. The van der Waals surface area contributed by atoms with Gasteiger partial charge in [-0.05, 0) is 36.4 Å². The van der Waals surface area contributed by atoms with Crippen molar-refractivity contribution in [2.24, 2.45) is 0 Å². The van der Waals surface area contributed by atoms with E-state index in [2.05, 4.69) is 95.5 Å². The number of anilines is 3. The summed E-state index contributed by atoms with van der Waals surface area (Å²) in [5, 5.41) is 9.16. The van der Waals surface area contributed by atoms with Crippen molar-refractivity contribution < 1.29 is 0 Å². The number of hydrogen-bond donors (Lipinski definition) is 0. The van der Waals surface area contributed by atoms with Gasteiger partial charge in [0.2, 0.25) is 0 Å². The Morgan fingerprint density at radius 3 is 1.67 bits per heavy atom. The molecule has 0 amide bonds. The first-order valence-corrected chi connectivity index (χ1v) is 9.13. The second-order valence-corrected chi connectivity index (χ2v) is 7.15. The third kappa shape index (κ3) is 2.15. The van der Waals surface area contributed by atoms with Crippen LogP contribution in [0.15, 0.2) is 72.8 Å². The molecule has 27 heavy (non-hydrogen) atoms. The van der Waals surface area contributed by atoms with E-state index < -0.39 is 0 Å². The first-order valence-electron chi connectivity index (χ1n) is 9.13. The van der Waals surface area contributed by atoms with Crippen molar-refractivity contribution in [3.63, 3.8) is 0 Å².